The summed E-state index contributed by atoms with van der Waals surface area (Å²) in [5.41, 5.74) is 0.922. The molecule has 1 fully saturated rings. The number of carbonyl (C=O) groups is 1. The molecule has 0 aromatic carbocycles. The molecule has 1 aromatic rings. The Morgan fingerprint density at radius 2 is 1.95 bits per heavy atom. The number of aromatic nitrogens is 2. The Morgan fingerprint density at radius 3 is 2.40 bits per heavy atom. The van der Waals surface area contributed by atoms with E-state index in [0.717, 1.165) is 31.7 Å². The third-order valence-corrected chi connectivity index (χ3v) is 3.95. The van der Waals surface area contributed by atoms with Crippen LogP contribution in [0.15, 0.2) is 12.4 Å². The maximum absolute atomic E-state index is 12.6. The van der Waals surface area contributed by atoms with Crippen LogP contribution in [0.4, 0.5) is 0 Å². The predicted molar refractivity (Wildman–Crippen MR) is 78.3 cm³/mol. The second kappa shape index (κ2) is 6.37. The molecule has 1 aliphatic heterocycles. The molecule has 6 heteroatoms. The van der Waals surface area contributed by atoms with Gasteiger partial charge in [-0.05, 0) is 20.9 Å². The summed E-state index contributed by atoms with van der Waals surface area (Å²) in [7, 11) is 3.68. The fourth-order valence-electron chi connectivity index (χ4n) is 2.66. The van der Waals surface area contributed by atoms with Gasteiger partial charge in [-0.1, -0.05) is 0 Å². The summed E-state index contributed by atoms with van der Waals surface area (Å²) in [5, 5.41) is 7.25. The molecule has 2 rings (SSSR count). The molecule has 6 nitrogen and oxygen atoms in total. The van der Waals surface area contributed by atoms with Crippen molar-refractivity contribution in [1.29, 1.82) is 0 Å². The number of hydrogen-bond donors (Lipinski definition) is 1. The molecule has 0 radical (unpaired) electrons. The lowest BCUT2D eigenvalue weighted by molar-refractivity contribution is -0.135. The highest BCUT2D eigenvalue weighted by molar-refractivity contribution is 5.83. The van der Waals surface area contributed by atoms with Crippen LogP contribution in [0.25, 0.3) is 0 Å². The molecule has 0 aliphatic carbocycles. The minimum absolute atomic E-state index is 0.143. The molecular formula is C14H25N5O. The first-order chi connectivity index (χ1) is 9.52. The Kier molecular flexibility index (Phi) is 4.77. The van der Waals surface area contributed by atoms with Crippen molar-refractivity contribution in [2.24, 2.45) is 7.05 Å². The van der Waals surface area contributed by atoms with E-state index in [2.05, 4.69) is 29.2 Å². The van der Waals surface area contributed by atoms with Crippen LogP contribution in [0.2, 0.25) is 0 Å². The van der Waals surface area contributed by atoms with Gasteiger partial charge in [-0.3, -0.25) is 14.4 Å². The van der Waals surface area contributed by atoms with Crippen LogP contribution in [0.1, 0.15) is 25.5 Å². The van der Waals surface area contributed by atoms with Crippen LogP contribution in [-0.2, 0) is 11.8 Å². The van der Waals surface area contributed by atoms with Crippen LogP contribution in [0, 0.1) is 0 Å². The van der Waals surface area contributed by atoms with Crippen molar-refractivity contribution >= 4 is 5.91 Å². The van der Waals surface area contributed by atoms with Crippen molar-refractivity contribution < 1.29 is 4.79 Å². The Bertz CT molecular complexity index is 448. The first-order valence-corrected chi connectivity index (χ1v) is 7.21. The maximum atomic E-state index is 12.6. The SMILES string of the molecule is CNC(C(=O)N1CCN(C(C)C)CC1)c1cnn(C)c1. The number of likely N-dealkylation sites (N-methyl/N-ethyl adjacent to an activating group) is 1. The number of hydrogen-bond acceptors (Lipinski definition) is 4. The molecule has 20 heavy (non-hydrogen) atoms. The van der Waals surface area contributed by atoms with Gasteiger partial charge in [-0.25, -0.2) is 0 Å². The first kappa shape index (κ1) is 15.0. The van der Waals surface area contributed by atoms with Crippen LogP contribution in [0.3, 0.4) is 0 Å². The Labute approximate surface area is 120 Å². The topological polar surface area (TPSA) is 53.4 Å². The number of nitrogens with one attached hydrogen (secondary N) is 1. The van der Waals surface area contributed by atoms with E-state index in [1.165, 1.54) is 0 Å². The predicted octanol–water partition coefficient (Wildman–Crippen LogP) is 0.233. The largest absolute Gasteiger partial charge is 0.338 e. The Balaban J connectivity index is 2.00. The van der Waals surface area contributed by atoms with Crippen LogP contribution >= 0.6 is 0 Å². The second-order valence-electron chi connectivity index (χ2n) is 5.62. The number of rotatable bonds is 4. The molecule has 0 bridgehead atoms. The Morgan fingerprint density at radius 1 is 1.30 bits per heavy atom. The average Bonchev–Trinajstić information content (AvgIpc) is 2.86. The lowest BCUT2D eigenvalue weighted by Crippen LogP contribution is -2.52. The van der Waals surface area contributed by atoms with E-state index >= 15 is 0 Å². The van der Waals surface area contributed by atoms with Gasteiger partial charge in [0.15, 0.2) is 0 Å². The summed E-state index contributed by atoms with van der Waals surface area (Å²) in [5.74, 6) is 0.143. The summed E-state index contributed by atoms with van der Waals surface area (Å²) in [6, 6.07) is 0.250. The smallest absolute Gasteiger partial charge is 0.244 e. The fourth-order valence-corrected chi connectivity index (χ4v) is 2.66. The minimum Gasteiger partial charge on any atom is -0.338 e. The highest BCUT2D eigenvalue weighted by atomic mass is 16.2. The molecule has 1 atom stereocenters. The fraction of sp³-hybridized carbons (Fsp3) is 0.714. The molecule has 1 amide bonds. The highest BCUT2D eigenvalue weighted by Gasteiger charge is 2.28. The number of amides is 1. The summed E-state index contributed by atoms with van der Waals surface area (Å²) >= 11 is 0. The van der Waals surface area contributed by atoms with Crippen molar-refractivity contribution in [2.45, 2.75) is 25.9 Å². The van der Waals surface area contributed by atoms with Gasteiger partial charge in [0.25, 0.3) is 0 Å². The number of aryl methyl sites for hydroxylation is 1. The standard InChI is InChI=1S/C14H25N5O/c1-11(2)18-5-7-19(8-6-18)14(20)13(15-3)12-9-16-17(4)10-12/h9-11,13,15H,5-8H2,1-4H3. The minimum atomic E-state index is -0.297. The molecule has 2 heterocycles. The van der Waals surface area contributed by atoms with E-state index in [9.17, 15) is 4.79 Å². The van der Waals surface area contributed by atoms with Crippen LogP contribution < -0.4 is 5.32 Å². The van der Waals surface area contributed by atoms with Gasteiger partial charge in [-0.15, -0.1) is 0 Å². The lowest BCUT2D eigenvalue weighted by atomic mass is 10.1. The van der Waals surface area contributed by atoms with Crippen LogP contribution in [0.5, 0.6) is 0 Å². The van der Waals surface area contributed by atoms with Crippen molar-refractivity contribution in [2.75, 3.05) is 33.2 Å². The monoisotopic (exact) mass is 279 g/mol. The van der Waals surface area contributed by atoms with Gasteiger partial charge < -0.3 is 10.2 Å². The lowest BCUT2D eigenvalue weighted by Gasteiger charge is -2.38. The maximum Gasteiger partial charge on any atom is 0.244 e. The summed E-state index contributed by atoms with van der Waals surface area (Å²) < 4.78 is 1.73. The second-order valence-corrected chi connectivity index (χ2v) is 5.62. The van der Waals surface area contributed by atoms with Gasteiger partial charge in [0.1, 0.15) is 6.04 Å². The van der Waals surface area contributed by atoms with E-state index in [1.54, 1.807) is 10.9 Å². The molecule has 0 spiro atoms. The molecular weight excluding hydrogens is 254 g/mol. The summed E-state index contributed by atoms with van der Waals surface area (Å²) in [4.78, 5) is 17.0. The zero-order chi connectivity index (χ0) is 14.7. The third kappa shape index (κ3) is 3.19. The van der Waals surface area contributed by atoms with Crippen molar-refractivity contribution in [3.05, 3.63) is 18.0 Å². The average molecular weight is 279 g/mol. The van der Waals surface area contributed by atoms with Gasteiger partial charge in [0.2, 0.25) is 5.91 Å². The summed E-state index contributed by atoms with van der Waals surface area (Å²) in [6.45, 7) is 7.90. The van der Waals surface area contributed by atoms with E-state index in [0.29, 0.717) is 6.04 Å². The normalized spacial score (nSPS) is 18.6. The molecule has 1 saturated heterocycles. The van der Waals surface area contributed by atoms with Crippen molar-refractivity contribution in [1.82, 2.24) is 24.9 Å². The number of nitrogens with zero attached hydrogens (tertiary/aromatic N) is 4. The quantitative estimate of drug-likeness (QED) is 0.857. The van der Waals surface area contributed by atoms with Gasteiger partial charge in [0.05, 0.1) is 6.20 Å². The molecule has 0 saturated carbocycles. The number of carbonyl (C=O) groups excluding carboxylic acids is 1. The molecule has 1 N–H and O–H groups in total. The molecule has 1 unspecified atom stereocenters. The highest BCUT2D eigenvalue weighted by Crippen LogP contribution is 2.16. The van der Waals surface area contributed by atoms with Crippen molar-refractivity contribution in [3.8, 4) is 0 Å². The molecule has 112 valence electrons. The van der Waals surface area contributed by atoms with E-state index in [1.807, 2.05) is 25.2 Å². The molecule has 1 aliphatic rings. The zero-order valence-corrected chi connectivity index (χ0v) is 12.8. The Hall–Kier alpha value is -1.40. The third-order valence-electron chi connectivity index (χ3n) is 3.95. The molecule has 1 aromatic heterocycles. The van der Waals surface area contributed by atoms with Crippen molar-refractivity contribution in [3.63, 3.8) is 0 Å². The van der Waals surface area contributed by atoms with Gasteiger partial charge in [-0.2, -0.15) is 5.10 Å². The van der Waals surface area contributed by atoms with E-state index in [4.69, 9.17) is 0 Å². The van der Waals surface area contributed by atoms with Crippen LogP contribution in [-0.4, -0.2) is 64.8 Å². The zero-order valence-electron chi connectivity index (χ0n) is 12.8. The summed E-state index contributed by atoms with van der Waals surface area (Å²) in [6.07, 6.45) is 3.65. The van der Waals surface area contributed by atoms with E-state index < -0.39 is 0 Å². The number of piperazine rings is 1. The van der Waals surface area contributed by atoms with Gasteiger partial charge in [0, 0.05) is 51.0 Å². The first-order valence-electron chi connectivity index (χ1n) is 7.21. The van der Waals surface area contributed by atoms with E-state index in [-0.39, 0.29) is 11.9 Å². The van der Waals surface area contributed by atoms with Gasteiger partial charge >= 0.3 is 0 Å².